The molecule has 0 radical (unpaired) electrons. The predicted octanol–water partition coefficient (Wildman–Crippen LogP) is 1.35. The number of carbonyl (C=O) groups is 1. The van der Waals surface area contributed by atoms with Gasteiger partial charge in [0.1, 0.15) is 5.78 Å². The molecule has 2 rings (SSSR count). The zero-order valence-corrected chi connectivity index (χ0v) is 7.88. The van der Waals surface area contributed by atoms with Gasteiger partial charge in [0.05, 0.1) is 39.0 Å². The molecule has 2 heterocycles. The number of fused-ring (bicyclic) bond motifs is 1. The molecule has 12 heavy (non-hydrogen) atoms. The first-order valence-electron chi connectivity index (χ1n) is 5.07. The summed E-state index contributed by atoms with van der Waals surface area (Å²) in [4.78, 5) is 11.3. The SMILES string of the molecule is C[N+]12CCCC[C@H]1CC(=O)CC2. The van der Waals surface area contributed by atoms with Gasteiger partial charge in [0.15, 0.2) is 0 Å². The van der Waals surface area contributed by atoms with E-state index in [1.165, 1.54) is 30.3 Å². The van der Waals surface area contributed by atoms with Crippen molar-refractivity contribution in [2.45, 2.75) is 38.1 Å². The first-order chi connectivity index (χ1) is 5.71. The Labute approximate surface area is 74.1 Å². The Bertz CT molecular complexity index is 202. The number of hydrogen-bond donors (Lipinski definition) is 0. The van der Waals surface area contributed by atoms with Gasteiger partial charge in [-0.2, -0.15) is 0 Å². The molecule has 0 spiro atoms. The van der Waals surface area contributed by atoms with Gasteiger partial charge in [-0.15, -0.1) is 0 Å². The fraction of sp³-hybridized carbons (Fsp3) is 0.900. The summed E-state index contributed by atoms with van der Waals surface area (Å²) in [6.07, 6.45) is 5.67. The maximum atomic E-state index is 11.3. The van der Waals surface area contributed by atoms with Crippen LogP contribution in [0.4, 0.5) is 0 Å². The second kappa shape index (κ2) is 2.84. The van der Waals surface area contributed by atoms with E-state index in [1.54, 1.807) is 0 Å². The van der Waals surface area contributed by atoms with Crippen molar-refractivity contribution in [3.05, 3.63) is 0 Å². The Morgan fingerprint density at radius 1 is 1.33 bits per heavy atom. The summed E-state index contributed by atoms with van der Waals surface area (Å²) in [6, 6.07) is 0.667. The molecule has 2 saturated heterocycles. The summed E-state index contributed by atoms with van der Waals surface area (Å²) >= 11 is 0. The van der Waals surface area contributed by atoms with E-state index in [2.05, 4.69) is 7.05 Å². The molecule has 2 atom stereocenters. The largest absolute Gasteiger partial charge is 0.323 e. The van der Waals surface area contributed by atoms with Crippen LogP contribution in [0.5, 0.6) is 0 Å². The van der Waals surface area contributed by atoms with Crippen molar-refractivity contribution in [1.29, 1.82) is 0 Å². The highest BCUT2D eigenvalue weighted by Crippen LogP contribution is 2.30. The molecule has 0 aromatic heterocycles. The maximum Gasteiger partial charge on any atom is 0.144 e. The molecule has 0 aromatic carbocycles. The standard InChI is InChI=1S/C10H18NO/c1-11-6-3-2-4-9(11)8-10(12)5-7-11/h9H,2-8H2,1H3/q+1/t9-,11?/m0/s1. The van der Waals surface area contributed by atoms with E-state index in [4.69, 9.17) is 0 Å². The minimum atomic E-state index is 0.498. The summed E-state index contributed by atoms with van der Waals surface area (Å²) in [5, 5.41) is 0. The van der Waals surface area contributed by atoms with E-state index in [1.807, 2.05) is 0 Å². The van der Waals surface area contributed by atoms with Gasteiger partial charge in [-0.25, -0.2) is 0 Å². The minimum absolute atomic E-state index is 0.498. The number of quaternary nitrogens is 1. The molecule has 2 aliphatic rings. The average molecular weight is 168 g/mol. The Hall–Kier alpha value is -0.370. The highest BCUT2D eigenvalue weighted by Gasteiger charge is 2.40. The minimum Gasteiger partial charge on any atom is -0.323 e. The molecule has 2 aliphatic heterocycles. The monoisotopic (exact) mass is 168 g/mol. The van der Waals surface area contributed by atoms with Crippen LogP contribution < -0.4 is 0 Å². The molecule has 0 aromatic rings. The molecule has 2 fully saturated rings. The summed E-state index contributed by atoms with van der Waals surface area (Å²) in [6.45, 7) is 2.40. The van der Waals surface area contributed by atoms with Gasteiger partial charge in [-0.3, -0.25) is 4.79 Å². The number of nitrogens with zero attached hydrogens (tertiary/aromatic N) is 1. The van der Waals surface area contributed by atoms with Crippen LogP contribution in [0.1, 0.15) is 32.1 Å². The average Bonchev–Trinajstić information content (AvgIpc) is 2.06. The Balaban J connectivity index is 2.11. The van der Waals surface area contributed by atoms with E-state index in [0.717, 1.165) is 19.4 Å². The number of carbonyl (C=O) groups excluding carboxylic acids is 1. The van der Waals surface area contributed by atoms with Crippen molar-refractivity contribution in [3.8, 4) is 0 Å². The fourth-order valence-electron chi connectivity index (χ4n) is 2.71. The fourth-order valence-corrected chi connectivity index (χ4v) is 2.71. The lowest BCUT2D eigenvalue weighted by Crippen LogP contribution is -2.59. The first kappa shape index (κ1) is 8.24. The Kier molecular flexibility index (Phi) is 1.95. The molecule has 68 valence electrons. The second-order valence-corrected chi connectivity index (χ2v) is 4.57. The van der Waals surface area contributed by atoms with Crippen LogP contribution in [0.25, 0.3) is 0 Å². The number of rotatable bonds is 0. The maximum absolute atomic E-state index is 11.3. The lowest BCUT2D eigenvalue weighted by Gasteiger charge is -2.47. The molecule has 0 saturated carbocycles. The van der Waals surface area contributed by atoms with E-state index < -0.39 is 0 Å². The predicted molar refractivity (Wildman–Crippen MR) is 47.8 cm³/mol. The number of ketones is 1. The van der Waals surface area contributed by atoms with Crippen molar-refractivity contribution < 1.29 is 9.28 Å². The number of piperidine rings is 2. The molecular formula is C10H18NO+. The van der Waals surface area contributed by atoms with Crippen molar-refractivity contribution >= 4 is 5.78 Å². The smallest absolute Gasteiger partial charge is 0.144 e. The summed E-state index contributed by atoms with van der Waals surface area (Å²) in [7, 11) is 2.33. The third kappa shape index (κ3) is 1.28. The zero-order chi connectivity index (χ0) is 8.60. The van der Waals surface area contributed by atoms with Gasteiger partial charge in [0, 0.05) is 6.42 Å². The normalized spacial score (nSPS) is 42.4. The highest BCUT2D eigenvalue weighted by molar-refractivity contribution is 5.79. The van der Waals surface area contributed by atoms with Crippen LogP contribution in [-0.4, -0.2) is 36.4 Å². The summed E-state index contributed by atoms with van der Waals surface area (Å²) in [5.41, 5.74) is 0. The topological polar surface area (TPSA) is 17.1 Å². The van der Waals surface area contributed by atoms with Crippen LogP contribution >= 0.6 is 0 Å². The van der Waals surface area contributed by atoms with Crippen LogP contribution in [0.3, 0.4) is 0 Å². The molecule has 2 heteroatoms. The van der Waals surface area contributed by atoms with E-state index >= 15 is 0 Å². The van der Waals surface area contributed by atoms with Gasteiger partial charge >= 0.3 is 0 Å². The van der Waals surface area contributed by atoms with Crippen LogP contribution in [0, 0.1) is 0 Å². The lowest BCUT2D eigenvalue weighted by atomic mass is 9.90. The highest BCUT2D eigenvalue weighted by atomic mass is 16.1. The molecule has 1 unspecified atom stereocenters. The second-order valence-electron chi connectivity index (χ2n) is 4.57. The first-order valence-corrected chi connectivity index (χ1v) is 5.07. The Morgan fingerprint density at radius 2 is 2.17 bits per heavy atom. The number of Topliss-reactive ketones (excluding diaryl/α,β-unsaturated/α-hetero) is 1. The third-order valence-electron chi connectivity index (χ3n) is 3.70. The van der Waals surface area contributed by atoms with E-state index in [9.17, 15) is 4.79 Å². The lowest BCUT2D eigenvalue weighted by molar-refractivity contribution is -0.939. The van der Waals surface area contributed by atoms with Gasteiger partial charge in [0.25, 0.3) is 0 Å². The Morgan fingerprint density at radius 3 is 3.00 bits per heavy atom. The van der Waals surface area contributed by atoms with Gasteiger partial charge in [-0.1, -0.05) is 0 Å². The molecule has 0 aliphatic carbocycles. The number of hydrogen-bond acceptors (Lipinski definition) is 1. The third-order valence-corrected chi connectivity index (χ3v) is 3.70. The van der Waals surface area contributed by atoms with Crippen LogP contribution in [0.2, 0.25) is 0 Å². The molecular weight excluding hydrogens is 150 g/mol. The van der Waals surface area contributed by atoms with Gasteiger partial charge in [0.2, 0.25) is 0 Å². The zero-order valence-electron chi connectivity index (χ0n) is 7.88. The van der Waals surface area contributed by atoms with Crippen molar-refractivity contribution in [3.63, 3.8) is 0 Å². The van der Waals surface area contributed by atoms with Crippen LogP contribution in [0.15, 0.2) is 0 Å². The molecule has 2 nitrogen and oxygen atoms in total. The molecule has 0 bridgehead atoms. The van der Waals surface area contributed by atoms with Crippen molar-refractivity contribution in [1.82, 2.24) is 0 Å². The van der Waals surface area contributed by atoms with Crippen LogP contribution in [-0.2, 0) is 4.79 Å². The van der Waals surface area contributed by atoms with E-state index in [0.29, 0.717) is 11.8 Å². The van der Waals surface area contributed by atoms with Gasteiger partial charge < -0.3 is 4.48 Å². The summed E-state index contributed by atoms with van der Waals surface area (Å²) < 4.78 is 1.19. The molecule has 0 amide bonds. The van der Waals surface area contributed by atoms with Gasteiger partial charge in [-0.05, 0) is 12.8 Å². The van der Waals surface area contributed by atoms with Crippen molar-refractivity contribution in [2.75, 3.05) is 20.1 Å². The van der Waals surface area contributed by atoms with E-state index in [-0.39, 0.29) is 0 Å². The van der Waals surface area contributed by atoms with Crippen molar-refractivity contribution in [2.24, 2.45) is 0 Å². The molecule has 0 N–H and O–H groups in total. The summed E-state index contributed by atoms with van der Waals surface area (Å²) in [5.74, 6) is 0.498. The quantitative estimate of drug-likeness (QED) is 0.499.